The minimum atomic E-state index is 0.737. The maximum absolute atomic E-state index is 5.46. The van der Waals surface area contributed by atoms with E-state index in [4.69, 9.17) is 4.74 Å². The van der Waals surface area contributed by atoms with E-state index in [1.807, 2.05) is 11.3 Å². The third-order valence-electron chi connectivity index (χ3n) is 4.51. The second-order valence-electron chi connectivity index (χ2n) is 6.06. The molecule has 1 fully saturated rings. The van der Waals surface area contributed by atoms with Crippen LogP contribution in [0, 0.1) is 0 Å². The van der Waals surface area contributed by atoms with E-state index in [1.54, 1.807) is 18.2 Å². The molecule has 2 aromatic rings. The summed E-state index contributed by atoms with van der Waals surface area (Å²) in [4.78, 5) is 1.47. The standard InChI is InChI=1S/C17H21NOS/c1-19-10-15-14-7-11-3-2-4-12(11)8-16(14)20-17(15)9-18-13-5-6-13/h7-8,13,18H,2-6,9-10H2,1H3. The second kappa shape index (κ2) is 5.14. The zero-order chi connectivity index (χ0) is 13.5. The summed E-state index contributed by atoms with van der Waals surface area (Å²) in [5.74, 6) is 0. The highest BCUT2D eigenvalue weighted by Gasteiger charge is 2.22. The summed E-state index contributed by atoms with van der Waals surface area (Å²) in [6, 6.07) is 5.63. The van der Waals surface area contributed by atoms with Crippen molar-refractivity contribution in [1.82, 2.24) is 5.32 Å². The third kappa shape index (κ3) is 2.28. The smallest absolute Gasteiger partial charge is 0.0730 e. The Labute approximate surface area is 124 Å². The minimum absolute atomic E-state index is 0.737. The average Bonchev–Trinajstić information content (AvgIpc) is 3.07. The molecule has 1 N–H and O–H groups in total. The summed E-state index contributed by atoms with van der Waals surface area (Å²) in [6.45, 7) is 1.74. The summed E-state index contributed by atoms with van der Waals surface area (Å²) < 4.78 is 6.91. The summed E-state index contributed by atoms with van der Waals surface area (Å²) in [6.07, 6.45) is 6.53. The van der Waals surface area contributed by atoms with Crippen LogP contribution in [0.4, 0.5) is 0 Å². The van der Waals surface area contributed by atoms with Crippen LogP contribution >= 0.6 is 11.3 Å². The molecule has 2 nitrogen and oxygen atoms in total. The second-order valence-corrected chi connectivity index (χ2v) is 7.20. The van der Waals surface area contributed by atoms with Gasteiger partial charge in [0.05, 0.1) is 6.61 Å². The van der Waals surface area contributed by atoms with Crippen LogP contribution in [0.3, 0.4) is 0 Å². The Morgan fingerprint density at radius 1 is 1.25 bits per heavy atom. The van der Waals surface area contributed by atoms with Gasteiger partial charge in [0.2, 0.25) is 0 Å². The first-order chi connectivity index (χ1) is 9.85. The zero-order valence-corrected chi connectivity index (χ0v) is 12.8. The molecule has 2 aliphatic rings. The molecule has 0 radical (unpaired) electrons. The van der Waals surface area contributed by atoms with Crippen molar-refractivity contribution in [3.05, 3.63) is 33.7 Å². The summed E-state index contributed by atoms with van der Waals surface area (Å²) in [7, 11) is 1.80. The number of benzene rings is 1. The monoisotopic (exact) mass is 287 g/mol. The van der Waals surface area contributed by atoms with Crippen LogP contribution in [0.1, 0.15) is 40.8 Å². The first-order valence-electron chi connectivity index (χ1n) is 7.63. The van der Waals surface area contributed by atoms with Crippen LogP contribution < -0.4 is 5.32 Å². The molecule has 0 saturated heterocycles. The van der Waals surface area contributed by atoms with Crippen molar-refractivity contribution >= 4 is 21.4 Å². The van der Waals surface area contributed by atoms with E-state index in [0.29, 0.717) is 0 Å². The Balaban J connectivity index is 1.74. The molecule has 0 aliphatic heterocycles. The highest BCUT2D eigenvalue weighted by Crippen LogP contribution is 2.37. The first-order valence-corrected chi connectivity index (χ1v) is 8.45. The van der Waals surface area contributed by atoms with E-state index in [0.717, 1.165) is 19.2 Å². The molecule has 106 valence electrons. The lowest BCUT2D eigenvalue weighted by Gasteiger charge is -2.05. The van der Waals surface area contributed by atoms with Crippen LogP contribution in [-0.2, 0) is 30.7 Å². The van der Waals surface area contributed by atoms with Crippen molar-refractivity contribution in [2.24, 2.45) is 0 Å². The quantitative estimate of drug-likeness (QED) is 0.903. The Bertz CT molecular complexity index is 642. The molecule has 0 atom stereocenters. The van der Waals surface area contributed by atoms with Crippen molar-refractivity contribution in [2.75, 3.05) is 7.11 Å². The summed E-state index contributed by atoms with van der Waals surface area (Å²) in [5.41, 5.74) is 4.55. The highest BCUT2D eigenvalue weighted by atomic mass is 32.1. The van der Waals surface area contributed by atoms with Crippen molar-refractivity contribution in [3.63, 3.8) is 0 Å². The minimum Gasteiger partial charge on any atom is -0.380 e. The lowest BCUT2D eigenvalue weighted by atomic mass is 10.0. The number of rotatable bonds is 5. The van der Waals surface area contributed by atoms with Gasteiger partial charge in [-0.2, -0.15) is 0 Å². The lowest BCUT2D eigenvalue weighted by Crippen LogP contribution is -2.15. The fourth-order valence-corrected chi connectivity index (χ4v) is 4.44. The molecule has 0 spiro atoms. The Hall–Kier alpha value is -0.900. The van der Waals surface area contributed by atoms with Crippen LogP contribution in [0.5, 0.6) is 0 Å². The Kier molecular flexibility index (Phi) is 3.29. The van der Waals surface area contributed by atoms with Gasteiger partial charge in [0, 0.05) is 34.8 Å². The van der Waals surface area contributed by atoms with Gasteiger partial charge in [0.25, 0.3) is 0 Å². The van der Waals surface area contributed by atoms with E-state index >= 15 is 0 Å². The molecular weight excluding hydrogens is 266 g/mol. The van der Waals surface area contributed by atoms with Crippen LogP contribution in [0.25, 0.3) is 10.1 Å². The SMILES string of the molecule is COCc1c(CNC2CC2)sc2cc3c(cc12)CCC3. The normalized spacial score (nSPS) is 17.9. The van der Waals surface area contributed by atoms with Crippen molar-refractivity contribution in [3.8, 4) is 0 Å². The van der Waals surface area contributed by atoms with Gasteiger partial charge < -0.3 is 10.1 Å². The van der Waals surface area contributed by atoms with Crippen molar-refractivity contribution in [2.45, 2.75) is 51.3 Å². The Morgan fingerprint density at radius 2 is 2.05 bits per heavy atom. The van der Waals surface area contributed by atoms with Crippen LogP contribution in [0.15, 0.2) is 12.1 Å². The number of fused-ring (bicyclic) bond motifs is 2. The van der Waals surface area contributed by atoms with E-state index in [9.17, 15) is 0 Å². The number of ether oxygens (including phenoxy) is 1. The predicted octanol–water partition coefficient (Wildman–Crippen LogP) is 3.79. The molecule has 1 aromatic heterocycles. The van der Waals surface area contributed by atoms with E-state index in [-0.39, 0.29) is 0 Å². The van der Waals surface area contributed by atoms with Gasteiger partial charge in [-0.1, -0.05) is 0 Å². The fraction of sp³-hybridized carbons (Fsp3) is 0.529. The fourth-order valence-electron chi connectivity index (χ4n) is 3.24. The number of methoxy groups -OCH3 is 1. The molecule has 3 heteroatoms. The molecule has 1 heterocycles. The number of aryl methyl sites for hydroxylation is 2. The predicted molar refractivity (Wildman–Crippen MR) is 84.4 cm³/mol. The maximum Gasteiger partial charge on any atom is 0.0730 e. The highest BCUT2D eigenvalue weighted by molar-refractivity contribution is 7.19. The molecule has 1 saturated carbocycles. The van der Waals surface area contributed by atoms with Gasteiger partial charge in [-0.3, -0.25) is 0 Å². The van der Waals surface area contributed by atoms with Gasteiger partial charge in [0.1, 0.15) is 0 Å². The zero-order valence-electron chi connectivity index (χ0n) is 12.0. The molecule has 0 amide bonds. The van der Waals surface area contributed by atoms with Gasteiger partial charge in [0.15, 0.2) is 0 Å². The molecule has 0 unspecified atom stereocenters. The molecule has 0 bridgehead atoms. The van der Waals surface area contributed by atoms with Crippen molar-refractivity contribution in [1.29, 1.82) is 0 Å². The maximum atomic E-state index is 5.46. The molecule has 1 aromatic carbocycles. The molecule has 20 heavy (non-hydrogen) atoms. The summed E-state index contributed by atoms with van der Waals surface area (Å²) in [5, 5.41) is 5.08. The van der Waals surface area contributed by atoms with Crippen LogP contribution in [-0.4, -0.2) is 13.2 Å². The number of nitrogens with one attached hydrogen (secondary N) is 1. The van der Waals surface area contributed by atoms with Gasteiger partial charge in [-0.05, 0) is 60.7 Å². The molecule has 2 aliphatic carbocycles. The van der Waals surface area contributed by atoms with Gasteiger partial charge >= 0.3 is 0 Å². The third-order valence-corrected chi connectivity index (χ3v) is 5.70. The average molecular weight is 287 g/mol. The molecule has 4 rings (SSSR count). The topological polar surface area (TPSA) is 21.3 Å². The van der Waals surface area contributed by atoms with Gasteiger partial charge in [-0.25, -0.2) is 0 Å². The Morgan fingerprint density at radius 3 is 2.80 bits per heavy atom. The van der Waals surface area contributed by atoms with Crippen molar-refractivity contribution < 1.29 is 4.74 Å². The first kappa shape index (κ1) is 12.8. The van der Waals surface area contributed by atoms with Crippen LogP contribution in [0.2, 0.25) is 0 Å². The number of hydrogen-bond donors (Lipinski definition) is 1. The van der Waals surface area contributed by atoms with Gasteiger partial charge in [-0.15, -0.1) is 11.3 Å². The lowest BCUT2D eigenvalue weighted by molar-refractivity contribution is 0.185. The number of thiophene rings is 1. The summed E-state index contributed by atoms with van der Waals surface area (Å²) >= 11 is 1.96. The van der Waals surface area contributed by atoms with E-state index < -0.39 is 0 Å². The largest absolute Gasteiger partial charge is 0.380 e. The van der Waals surface area contributed by atoms with E-state index in [2.05, 4.69) is 17.4 Å². The molecular formula is C17H21NOS. The number of hydrogen-bond acceptors (Lipinski definition) is 3. The van der Waals surface area contributed by atoms with E-state index in [1.165, 1.54) is 52.6 Å².